The molecule has 1 rings (SSSR count). The molecule has 21 heavy (non-hydrogen) atoms. The zero-order valence-electron chi connectivity index (χ0n) is 14.2. The van der Waals surface area contributed by atoms with Gasteiger partial charge >= 0.3 is 0 Å². The summed E-state index contributed by atoms with van der Waals surface area (Å²) in [5.41, 5.74) is 0. The first-order valence-corrected chi connectivity index (χ1v) is 8.17. The number of aliphatic imine (C=N–C) groups is 1. The van der Waals surface area contributed by atoms with Crippen molar-refractivity contribution < 1.29 is 4.79 Å². The largest absolute Gasteiger partial charge is 0.355 e. The fourth-order valence-corrected chi connectivity index (χ4v) is 3.02. The summed E-state index contributed by atoms with van der Waals surface area (Å²) < 4.78 is 0. The Hall–Kier alpha value is -1.26. The molecular weight excluding hydrogens is 264 g/mol. The Morgan fingerprint density at radius 1 is 1.10 bits per heavy atom. The average molecular weight is 296 g/mol. The smallest absolute Gasteiger partial charge is 0.222 e. The predicted molar refractivity (Wildman–Crippen MR) is 88.3 cm³/mol. The number of amides is 1. The molecule has 3 N–H and O–H groups in total. The minimum absolute atomic E-state index is 0.0349. The number of guanidine groups is 1. The van der Waals surface area contributed by atoms with Crippen LogP contribution in [-0.2, 0) is 4.79 Å². The van der Waals surface area contributed by atoms with Crippen molar-refractivity contribution in [2.75, 3.05) is 20.1 Å². The number of hydrogen-bond acceptors (Lipinski definition) is 2. The highest BCUT2D eigenvalue weighted by Gasteiger charge is 2.24. The van der Waals surface area contributed by atoms with Gasteiger partial charge in [-0.1, -0.05) is 27.7 Å². The normalized spacial score (nSPS) is 26.6. The molecule has 0 bridgehead atoms. The molecule has 1 aliphatic rings. The zero-order valence-corrected chi connectivity index (χ0v) is 14.2. The third-order valence-electron chi connectivity index (χ3n) is 3.98. The summed E-state index contributed by atoms with van der Waals surface area (Å²) in [6, 6.07) is 0.500. The molecule has 0 spiro atoms. The van der Waals surface area contributed by atoms with Gasteiger partial charge in [0, 0.05) is 32.1 Å². The molecule has 1 saturated carbocycles. The molecule has 0 saturated heterocycles. The van der Waals surface area contributed by atoms with Crippen LogP contribution < -0.4 is 16.0 Å². The van der Waals surface area contributed by atoms with Gasteiger partial charge in [0.1, 0.15) is 0 Å². The Kier molecular flexibility index (Phi) is 7.54. The van der Waals surface area contributed by atoms with Crippen molar-refractivity contribution >= 4 is 11.9 Å². The minimum Gasteiger partial charge on any atom is -0.355 e. The van der Waals surface area contributed by atoms with E-state index in [-0.39, 0.29) is 11.8 Å². The third-order valence-corrected chi connectivity index (χ3v) is 3.98. The Morgan fingerprint density at radius 3 is 2.19 bits per heavy atom. The van der Waals surface area contributed by atoms with Crippen LogP contribution in [0, 0.1) is 17.8 Å². The molecule has 1 aliphatic carbocycles. The fraction of sp³-hybridized carbons (Fsp3) is 0.875. The van der Waals surface area contributed by atoms with E-state index in [2.05, 4.69) is 34.8 Å². The zero-order chi connectivity index (χ0) is 15.8. The van der Waals surface area contributed by atoms with Gasteiger partial charge in [-0.25, -0.2) is 0 Å². The molecular formula is C16H32N4O. The van der Waals surface area contributed by atoms with Crippen LogP contribution in [0.1, 0.15) is 47.0 Å². The number of hydrogen-bond donors (Lipinski definition) is 3. The van der Waals surface area contributed by atoms with E-state index in [1.165, 1.54) is 19.3 Å². The van der Waals surface area contributed by atoms with Gasteiger partial charge in [-0.15, -0.1) is 0 Å². The van der Waals surface area contributed by atoms with Crippen molar-refractivity contribution in [1.29, 1.82) is 0 Å². The maximum absolute atomic E-state index is 11.5. The first-order chi connectivity index (χ1) is 9.92. The highest BCUT2D eigenvalue weighted by atomic mass is 16.1. The molecule has 1 fully saturated rings. The van der Waals surface area contributed by atoms with Crippen molar-refractivity contribution in [2.24, 2.45) is 22.7 Å². The van der Waals surface area contributed by atoms with Crippen molar-refractivity contribution in [3.05, 3.63) is 0 Å². The Labute approximate surface area is 129 Å². The van der Waals surface area contributed by atoms with E-state index in [1.54, 1.807) is 7.05 Å². The summed E-state index contributed by atoms with van der Waals surface area (Å²) in [6.07, 6.45) is 3.73. The van der Waals surface area contributed by atoms with Gasteiger partial charge in [0.2, 0.25) is 5.91 Å². The molecule has 0 aromatic carbocycles. The van der Waals surface area contributed by atoms with Crippen molar-refractivity contribution in [2.45, 2.75) is 53.0 Å². The van der Waals surface area contributed by atoms with Crippen LogP contribution in [0.3, 0.4) is 0 Å². The highest BCUT2D eigenvalue weighted by Crippen LogP contribution is 2.28. The highest BCUT2D eigenvalue weighted by molar-refractivity contribution is 5.80. The molecule has 0 aliphatic heterocycles. The summed E-state index contributed by atoms with van der Waals surface area (Å²) in [5, 5.41) is 9.66. The summed E-state index contributed by atoms with van der Waals surface area (Å²) >= 11 is 0. The monoisotopic (exact) mass is 296 g/mol. The van der Waals surface area contributed by atoms with Gasteiger partial charge in [-0.05, 0) is 31.1 Å². The van der Waals surface area contributed by atoms with Gasteiger partial charge in [-0.2, -0.15) is 0 Å². The van der Waals surface area contributed by atoms with E-state index in [4.69, 9.17) is 0 Å². The van der Waals surface area contributed by atoms with E-state index in [0.717, 1.165) is 17.8 Å². The van der Waals surface area contributed by atoms with E-state index in [9.17, 15) is 4.79 Å². The molecule has 0 radical (unpaired) electrons. The summed E-state index contributed by atoms with van der Waals surface area (Å²) in [5.74, 6) is 2.51. The van der Waals surface area contributed by atoms with Crippen molar-refractivity contribution in [3.63, 3.8) is 0 Å². The Balaban J connectivity index is 2.27. The Morgan fingerprint density at radius 2 is 1.67 bits per heavy atom. The summed E-state index contributed by atoms with van der Waals surface area (Å²) in [4.78, 5) is 15.7. The van der Waals surface area contributed by atoms with E-state index in [1.807, 2.05) is 13.8 Å². The first-order valence-electron chi connectivity index (χ1n) is 8.17. The molecule has 0 aromatic rings. The van der Waals surface area contributed by atoms with Gasteiger partial charge in [0.15, 0.2) is 5.96 Å². The van der Waals surface area contributed by atoms with Crippen molar-refractivity contribution in [3.8, 4) is 0 Å². The van der Waals surface area contributed by atoms with Gasteiger partial charge in [-0.3, -0.25) is 9.79 Å². The number of nitrogens with zero attached hydrogens (tertiary/aromatic N) is 1. The molecule has 1 amide bonds. The molecule has 2 unspecified atom stereocenters. The second kappa shape index (κ2) is 8.90. The van der Waals surface area contributed by atoms with E-state index >= 15 is 0 Å². The molecule has 2 atom stereocenters. The van der Waals surface area contributed by atoms with Gasteiger partial charge in [0.05, 0.1) is 0 Å². The number of carbonyl (C=O) groups is 1. The van der Waals surface area contributed by atoms with Crippen LogP contribution in [0.15, 0.2) is 4.99 Å². The van der Waals surface area contributed by atoms with E-state index < -0.39 is 0 Å². The topological polar surface area (TPSA) is 65.5 Å². The lowest BCUT2D eigenvalue weighted by molar-refractivity contribution is -0.123. The second-order valence-electron chi connectivity index (χ2n) is 6.70. The lowest BCUT2D eigenvalue weighted by Gasteiger charge is -2.32. The van der Waals surface area contributed by atoms with Crippen LogP contribution in [0.5, 0.6) is 0 Å². The standard InChI is InChI=1S/C16H32N4O/c1-11(2)15(21)18-6-7-19-16(17-5)20-14-9-12(3)8-13(4)10-14/h11-14H,6-10H2,1-5H3,(H,18,21)(H2,17,19,20). The molecule has 5 nitrogen and oxygen atoms in total. The summed E-state index contributed by atoms with van der Waals surface area (Å²) in [7, 11) is 1.79. The van der Waals surface area contributed by atoms with Gasteiger partial charge in [0.25, 0.3) is 0 Å². The van der Waals surface area contributed by atoms with Gasteiger partial charge < -0.3 is 16.0 Å². The maximum atomic E-state index is 11.5. The van der Waals surface area contributed by atoms with Crippen LogP contribution in [0.4, 0.5) is 0 Å². The SMILES string of the molecule is CN=C(NCCNC(=O)C(C)C)NC1CC(C)CC(C)C1. The third kappa shape index (κ3) is 6.82. The fourth-order valence-electron chi connectivity index (χ4n) is 3.02. The van der Waals surface area contributed by atoms with E-state index in [0.29, 0.717) is 19.1 Å². The van der Waals surface area contributed by atoms with Crippen LogP contribution in [-0.4, -0.2) is 38.0 Å². The number of rotatable bonds is 5. The molecule has 0 heterocycles. The van der Waals surface area contributed by atoms with Crippen LogP contribution in [0.2, 0.25) is 0 Å². The Bertz CT molecular complexity index is 344. The quantitative estimate of drug-likeness (QED) is 0.411. The lowest BCUT2D eigenvalue weighted by atomic mass is 9.80. The van der Waals surface area contributed by atoms with Crippen molar-refractivity contribution in [1.82, 2.24) is 16.0 Å². The number of nitrogens with one attached hydrogen (secondary N) is 3. The molecule has 0 aromatic heterocycles. The second-order valence-corrected chi connectivity index (χ2v) is 6.70. The predicted octanol–water partition coefficient (Wildman–Crippen LogP) is 1.75. The molecule has 122 valence electrons. The maximum Gasteiger partial charge on any atom is 0.222 e. The average Bonchev–Trinajstić information content (AvgIpc) is 2.40. The van der Waals surface area contributed by atoms with Crippen LogP contribution >= 0.6 is 0 Å². The molecule has 5 heteroatoms. The first kappa shape index (κ1) is 17.8. The van der Waals surface area contributed by atoms with Crippen LogP contribution in [0.25, 0.3) is 0 Å². The number of carbonyl (C=O) groups excluding carboxylic acids is 1. The summed E-state index contributed by atoms with van der Waals surface area (Å²) in [6.45, 7) is 9.75. The lowest BCUT2D eigenvalue weighted by Crippen LogP contribution is -2.48. The minimum atomic E-state index is 0.0349.